The second kappa shape index (κ2) is 9.38. The molecule has 0 bridgehead atoms. The van der Waals surface area contributed by atoms with E-state index in [1.165, 1.54) is 0 Å². The van der Waals surface area contributed by atoms with Gasteiger partial charge in [0.25, 0.3) is 0 Å². The highest BCUT2D eigenvalue weighted by atomic mass is 35.5. The van der Waals surface area contributed by atoms with Crippen LogP contribution in [0.5, 0.6) is 0 Å². The maximum Gasteiger partial charge on any atom is 0.224 e. The highest BCUT2D eigenvalue weighted by Crippen LogP contribution is 2.31. The van der Waals surface area contributed by atoms with Crippen molar-refractivity contribution in [2.45, 2.75) is 12.5 Å². The molecule has 1 fully saturated rings. The van der Waals surface area contributed by atoms with Gasteiger partial charge in [0.15, 0.2) is 0 Å². The Balaban J connectivity index is 1.65. The van der Waals surface area contributed by atoms with Gasteiger partial charge in [-0.25, -0.2) is 0 Å². The zero-order valence-corrected chi connectivity index (χ0v) is 15.9. The van der Waals surface area contributed by atoms with Gasteiger partial charge in [-0.3, -0.25) is 4.79 Å². The number of hydrogen-bond donors (Lipinski definition) is 2. The average Bonchev–Trinajstić information content (AvgIpc) is 2.89. The Kier molecular flexibility index (Phi) is 6.92. The van der Waals surface area contributed by atoms with Gasteiger partial charge in [-0.15, -0.1) is 0 Å². The zero-order valence-electron chi connectivity index (χ0n) is 14.4. The fourth-order valence-corrected chi connectivity index (χ4v) is 3.42. The average molecular weight is 393 g/mol. The third-order valence-corrected chi connectivity index (χ3v) is 5.19. The van der Waals surface area contributed by atoms with Gasteiger partial charge < -0.3 is 15.4 Å². The molecule has 6 heteroatoms. The SMILES string of the molecule is O=C(Cc1ccccc1)NC[C@@H]1CNCCO[C@H]1c1ccc(Cl)c(Cl)c1. The number of carbonyl (C=O) groups is 1. The minimum Gasteiger partial charge on any atom is -0.372 e. The van der Waals surface area contributed by atoms with Gasteiger partial charge in [0.05, 0.1) is 29.2 Å². The van der Waals surface area contributed by atoms with Crippen molar-refractivity contribution in [2.75, 3.05) is 26.2 Å². The molecule has 0 unspecified atom stereocenters. The Morgan fingerprint density at radius 1 is 1.15 bits per heavy atom. The van der Waals surface area contributed by atoms with Crippen LogP contribution in [0.3, 0.4) is 0 Å². The second-order valence-corrected chi connectivity index (χ2v) is 7.21. The summed E-state index contributed by atoms with van der Waals surface area (Å²) in [4.78, 5) is 12.3. The lowest BCUT2D eigenvalue weighted by Crippen LogP contribution is -2.37. The highest BCUT2D eigenvalue weighted by molar-refractivity contribution is 6.42. The summed E-state index contributed by atoms with van der Waals surface area (Å²) in [7, 11) is 0. The predicted molar refractivity (Wildman–Crippen MR) is 105 cm³/mol. The molecule has 2 atom stereocenters. The largest absolute Gasteiger partial charge is 0.372 e. The minimum atomic E-state index is -0.142. The number of carbonyl (C=O) groups excluding carboxylic acids is 1. The smallest absolute Gasteiger partial charge is 0.224 e. The van der Waals surface area contributed by atoms with E-state index in [2.05, 4.69) is 10.6 Å². The molecule has 1 saturated heterocycles. The van der Waals surface area contributed by atoms with E-state index in [0.29, 0.717) is 29.6 Å². The van der Waals surface area contributed by atoms with E-state index in [0.717, 1.165) is 24.2 Å². The van der Waals surface area contributed by atoms with Crippen LogP contribution in [0.15, 0.2) is 48.5 Å². The van der Waals surface area contributed by atoms with Crippen LogP contribution in [0.4, 0.5) is 0 Å². The van der Waals surface area contributed by atoms with Crippen molar-refractivity contribution in [3.05, 3.63) is 69.7 Å². The molecular formula is C20H22Cl2N2O2. The molecule has 0 radical (unpaired) electrons. The summed E-state index contributed by atoms with van der Waals surface area (Å²) in [5.41, 5.74) is 1.98. The molecule has 0 spiro atoms. The van der Waals surface area contributed by atoms with Crippen molar-refractivity contribution in [1.29, 1.82) is 0 Å². The molecule has 138 valence electrons. The molecule has 0 aromatic heterocycles. The molecule has 3 rings (SSSR count). The summed E-state index contributed by atoms with van der Waals surface area (Å²) in [6.45, 7) is 2.69. The lowest BCUT2D eigenvalue weighted by molar-refractivity contribution is -0.120. The molecule has 2 N–H and O–H groups in total. The number of halogens is 2. The Labute approximate surface area is 163 Å². The van der Waals surface area contributed by atoms with E-state index >= 15 is 0 Å². The molecule has 1 amide bonds. The lowest BCUT2D eigenvalue weighted by atomic mass is 9.95. The minimum absolute atomic E-state index is 0.00772. The van der Waals surface area contributed by atoms with Crippen LogP contribution in [0.1, 0.15) is 17.2 Å². The molecule has 0 saturated carbocycles. The Bertz CT molecular complexity index is 740. The van der Waals surface area contributed by atoms with Crippen molar-refractivity contribution < 1.29 is 9.53 Å². The molecule has 1 aliphatic rings. The van der Waals surface area contributed by atoms with Crippen LogP contribution in [-0.2, 0) is 16.0 Å². The number of nitrogens with one attached hydrogen (secondary N) is 2. The third-order valence-electron chi connectivity index (χ3n) is 4.45. The molecule has 26 heavy (non-hydrogen) atoms. The second-order valence-electron chi connectivity index (χ2n) is 6.40. The number of rotatable bonds is 5. The monoisotopic (exact) mass is 392 g/mol. The third kappa shape index (κ3) is 5.21. The van der Waals surface area contributed by atoms with Crippen molar-refractivity contribution in [1.82, 2.24) is 10.6 Å². The number of amides is 1. The summed E-state index contributed by atoms with van der Waals surface area (Å²) in [5.74, 6) is 0.114. The van der Waals surface area contributed by atoms with Crippen molar-refractivity contribution in [3.8, 4) is 0 Å². The number of benzene rings is 2. The van der Waals surface area contributed by atoms with Crippen LogP contribution < -0.4 is 10.6 Å². The lowest BCUT2D eigenvalue weighted by Gasteiger charge is -2.25. The summed E-state index contributed by atoms with van der Waals surface area (Å²) >= 11 is 12.2. The quantitative estimate of drug-likeness (QED) is 0.816. The van der Waals surface area contributed by atoms with Crippen LogP contribution in [0, 0.1) is 5.92 Å². The van der Waals surface area contributed by atoms with Crippen LogP contribution in [0.25, 0.3) is 0 Å². The molecular weight excluding hydrogens is 371 g/mol. The summed E-state index contributed by atoms with van der Waals surface area (Å²) < 4.78 is 6.03. The first-order chi connectivity index (χ1) is 12.6. The summed E-state index contributed by atoms with van der Waals surface area (Å²) in [6.07, 6.45) is 0.232. The van der Waals surface area contributed by atoms with Gasteiger partial charge in [0.1, 0.15) is 0 Å². The van der Waals surface area contributed by atoms with Crippen molar-refractivity contribution in [3.63, 3.8) is 0 Å². The van der Waals surface area contributed by atoms with Crippen molar-refractivity contribution in [2.24, 2.45) is 5.92 Å². The fraction of sp³-hybridized carbons (Fsp3) is 0.350. The van der Waals surface area contributed by atoms with E-state index in [1.807, 2.05) is 42.5 Å². The normalized spacial score (nSPS) is 20.4. The predicted octanol–water partition coefficient (Wildman–Crippen LogP) is 3.63. The van der Waals surface area contributed by atoms with Gasteiger partial charge in [-0.1, -0.05) is 59.6 Å². The van der Waals surface area contributed by atoms with E-state index in [1.54, 1.807) is 6.07 Å². The molecule has 4 nitrogen and oxygen atoms in total. The van der Waals surface area contributed by atoms with Gasteiger partial charge in [0, 0.05) is 25.6 Å². The van der Waals surface area contributed by atoms with Gasteiger partial charge in [-0.2, -0.15) is 0 Å². The first-order valence-corrected chi connectivity index (χ1v) is 9.47. The topological polar surface area (TPSA) is 50.4 Å². The van der Waals surface area contributed by atoms with Gasteiger partial charge >= 0.3 is 0 Å². The van der Waals surface area contributed by atoms with E-state index in [9.17, 15) is 4.79 Å². The van der Waals surface area contributed by atoms with E-state index in [-0.39, 0.29) is 17.9 Å². The maximum absolute atomic E-state index is 12.3. The first-order valence-electron chi connectivity index (χ1n) is 8.71. The first kappa shape index (κ1) is 19.2. The van der Waals surface area contributed by atoms with Crippen molar-refractivity contribution >= 4 is 29.1 Å². The molecule has 0 aliphatic carbocycles. The number of ether oxygens (including phenoxy) is 1. The van der Waals surface area contributed by atoms with E-state index < -0.39 is 0 Å². The molecule has 1 heterocycles. The molecule has 1 aliphatic heterocycles. The molecule has 2 aromatic carbocycles. The maximum atomic E-state index is 12.3. The summed E-state index contributed by atoms with van der Waals surface area (Å²) in [6, 6.07) is 15.3. The fourth-order valence-electron chi connectivity index (χ4n) is 3.11. The van der Waals surface area contributed by atoms with Gasteiger partial charge in [0.2, 0.25) is 5.91 Å². The molecule has 2 aromatic rings. The highest BCUT2D eigenvalue weighted by Gasteiger charge is 2.27. The van der Waals surface area contributed by atoms with Gasteiger partial charge in [-0.05, 0) is 23.3 Å². The number of hydrogen-bond acceptors (Lipinski definition) is 3. The van der Waals surface area contributed by atoms with E-state index in [4.69, 9.17) is 27.9 Å². The Hall–Kier alpha value is -1.59. The summed E-state index contributed by atoms with van der Waals surface area (Å²) in [5, 5.41) is 7.43. The Morgan fingerprint density at radius 3 is 2.73 bits per heavy atom. The van der Waals surface area contributed by atoms with Crippen LogP contribution in [-0.4, -0.2) is 32.1 Å². The van der Waals surface area contributed by atoms with Crippen LogP contribution >= 0.6 is 23.2 Å². The standard InChI is InChI=1S/C20H22Cl2N2O2/c21-17-7-6-15(11-18(17)22)20-16(12-23-8-9-26-20)13-24-19(25)10-14-4-2-1-3-5-14/h1-7,11,16,20,23H,8-10,12-13H2,(H,24,25)/t16-,20-/m0/s1. The van der Waals surface area contributed by atoms with Crippen LogP contribution in [0.2, 0.25) is 10.0 Å². The Morgan fingerprint density at radius 2 is 1.96 bits per heavy atom. The zero-order chi connectivity index (χ0) is 18.4.